The first kappa shape index (κ1) is 20.4. The quantitative estimate of drug-likeness (QED) is 0.391. The summed E-state index contributed by atoms with van der Waals surface area (Å²) in [6.07, 6.45) is 3.83. The van der Waals surface area contributed by atoms with E-state index in [4.69, 9.17) is 11.6 Å². The minimum Gasteiger partial charge on any atom is -0.358 e. The summed E-state index contributed by atoms with van der Waals surface area (Å²) in [5, 5.41) is 2.34. The smallest absolute Gasteiger partial charge is 0.240 e. The Kier molecular flexibility index (Phi) is 4.57. The lowest BCUT2D eigenvalue weighted by molar-refractivity contribution is -0.123. The van der Waals surface area contributed by atoms with Crippen molar-refractivity contribution in [1.29, 1.82) is 0 Å². The topological polar surface area (TPSA) is 57.7 Å². The van der Waals surface area contributed by atoms with E-state index < -0.39 is 17.9 Å². The number of halogens is 1. The average Bonchev–Trinajstić information content (AvgIpc) is 3.52. The van der Waals surface area contributed by atoms with Gasteiger partial charge in [0.05, 0.1) is 28.4 Å². The number of Topliss-reactive ketones (excluding diaryl/α,β-unsaturated/α-hetero) is 1. The van der Waals surface area contributed by atoms with Gasteiger partial charge in [0, 0.05) is 11.2 Å². The number of amides is 2. The van der Waals surface area contributed by atoms with E-state index in [9.17, 15) is 14.4 Å². The van der Waals surface area contributed by atoms with Gasteiger partial charge in [-0.1, -0.05) is 48.0 Å². The van der Waals surface area contributed by atoms with E-state index in [1.165, 1.54) is 16.2 Å². The van der Waals surface area contributed by atoms with Gasteiger partial charge < -0.3 is 4.90 Å². The van der Waals surface area contributed by atoms with E-state index in [0.29, 0.717) is 21.2 Å². The van der Waals surface area contributed by atoms with Crippen LogP contribution in [0, 0.1) is 18.8 Å². The molecule has 1 aromatic heterocycles. The van der Waals surface area contributed by atoms with Crippen LogP contribution in [0.2, 0.25) is 5.02 Å². The summed E-state index contributed by atoms with van der Waals surface area (Å²) in [6.45, 7) is 1.80. The number of hydrogen-bond donors (Lipinski definition) is 0. The fourth-order valence-corrected chi connectivity index (χ4v) is 6.36. The van der Waals surface area contributed by atoms with E-state index in [-0.39, 0.29) is 23.6 Å². The van der Waals surface area contributed by atoms with Crippen molar-refractivity contribution in [2.24, 2.45) is 11.8 Å². The summed E-state index contributed by atoms with van der Waals surface area (Å²) < 4.78 is 0. The maximum atomic E-state index is 13.9. The fourth-order valence-electron chi connectivity index (χ4n) is 5.50. The highest BCUT2D eigenvalue weighted by Gasteiger charge is 2.64. The minimum absolute atomic E-state index is 0.127. The highest BCUT2D eigenvalue weighted by atomic mass is 35.5. The van der Waals surface area contributed by atoms with Crippen LogP contribution in [0.25, 0.3) is 6.08 Å². The predicted molar refractivity (Wildman–Crippen MR) is 128 cm³/mol. The van der Waals surface area contributed by atoms with Crippen molar-refractivity contribution in [3.8, 4) is 0 Å². The first-order chi connectivity index (χ1) is 16.0. The lowest BCUT2D eigenvalue weighted by Gasteiger charge is -2.35. The normalized spacial score (nSPS) is 25.3. The van der Waals surface area contributed by atoms with Crippen LogP contribution >= 0.6 is 22.9 Å². The summed E-state index contributed by atoms with van der Waals surface area (Å²) in [4.78, 5) is 45.2. The second-order valence-electron chi connectivity index (χ2n) is 8.57. The number of carbonyl (C=O) groups is 3. The number of ketones is 1. The van der Waals surface area contributed by atoms with Gasteiger partial charge in [-0.25, -0.2) is 4.90 Å². The fraction of sp³-hybridized carbons (Fsp3) is 0.192. The van der Waals surface area contributed by atoms with Crippen molar-refractivity contribution >= 4 is 52.3 Å². The Hall–Kier alpha value is -3.22. The molecule has 7 heteroatoms. The largest absolute Gasteiger partial charge is 0.358 e. The van der Waals surface area contributed by atoms with Crippen LogP contribution in [-0.4, -0.2) is 28.5 Å². The molecule has 3 aliphatic heterocycles. The van der Waals surface area contributed by atoms with Crippen molar-refractivity contribution in [2.45, 2.75) is 19.0 Å². The molecule has 0 spiro atoms. The molecule has 4 atom stereocenters. The third kappa shape index (κ3) is 2.81. The van der Waals surface area contributed by atoms with Crippen LogP contribution < -0.4 is 4.90 Å². The summed E-state index contributed by atoms with van der Waals surface area (Å²) in [5.41, 5.74) is 3.12. The Labute approximate surface area is 199 Å². The molecule has 0 N–H and O–H groups in total. The molecule has 2 fully saturated rings. The van der Waals surface area contributed by atoms with Gasteiger partial charge in [-0.3, -0.25) is 14.4 Å². The van der Waals surface area contributed by atoms with Crippen molar-refractivity contribution in [3.05, 3.63) is 92.8 Å². The highest BCUT2D eigenvalue weighted by Crippen LogP contribution is 2.54. The molecule has 5 nitrogen and oxygen atoms in total. The SMILES string of the molecule is Cc1c(Cl)cccc1N1C(=O)[C@@H]2[C@@H](C1=O)[C@@H]1c3ccccc3C=CN1[C@@H]2C(=O)c1cccs1. The van der Waals surface area contributed by atoms with E-state index in [1.807, 2.05) is 52.9 Å². The van der Waals surface area contributed by atoms with Gasteiger partial charge in [-0.2, -0.15) is 0 Å². The molecule has 2 amide bonds. The molecule has 0 saturated carbocycles. The van der Waals surface area contributed by atoms with Crippen LogP contribution in [0.1, 0.15) is 32.4 Å². The lowest BCUT2D eigenvalue weighted by Crippen LogP contribution is -2.44. The average molecular weight is 475 g/mol. The number of hydrogen-bond acceptors (Lipinski definition) is 5. The van der Waals surface area contributed by atoms with E-state index in [0.717, 1.165) is 11.1 Å². The summed E-state index contributed by atoms with van der Waals surface area (Å²) in [7, 11) is 0. The standard InChI is InChI=1S/C26H19ClN2O3S/c1-14-17(27)8-4-9-18(14)29-25(31)20-21(26(29)32)23(24(30)19-10-5-13-33-19)28-12-11-15-6-2-3-7-16(15)22(20)28/h2-13,20-23H,1H3/t20-,21-,22+,23+/m1/s1. The predicted octanol–water partition coefficient (Wildman–Crippen LogP) is 5.11. The van der Waals surface area contributed by atoms with Gasteiger partial charge in [-0.15, -0.1) is 11.3 Å². The van der Waals surface area contributed by atoms with Gasteiger partial charge in [0.15, 0.2) is 5.78 Å². The van der Waals surface area contributed by atoms with Crippen molar-refractivity contribution in [2.75, 3.05) is 4.90 Å². The van der Waals surface area contributed by atoms with Crippen LogP contribution in [0.5, 0.6) is 0 Å². The van der Waals surface area contributed by atoms with E-state index in [2.05, 4.69) is 0 Å². The number of rotatable bonds is 3. The summed E-state index contributed by atoms with van der Waals surface area (Å²) in [5.74, 6) is -2.18. The first-order valence-electron chi connectivity index (χ1n) is 10.7. The highest BCUT2D eigenvalue weighted by molar-refractivity contribution is 7.12. The zero-order valence-corrected chi connectivity index (χ0v) is 19.2. The molecule has 0 aliphatic carbocycles. The Morgan fingerprint density at radius 3 is 2.55 bits per heavy atom. The summed E-state index contributed by atoms with van der Waals surface area (Å²) >= 11 is 7.67. The third-order valence-electron chi connectivity index (χ3n) is 6.97. The van der Waals surface area contributed by atoms with Crippen molar-refractivity contribution < 1.29 is 14.4 Å². The number of anilines is 1. The number of benzene rings is 2. The van der Waals surface area contributed by atoms with Crippen molar-refractivity contribution in [3.63, 3.8) is 0 Å². The molecular weight excluding hydrogens is 456 g/mol. The minimum atomic E-state index is -0.772. The summed E-state index contributed by atoms with van der Waals surface area (Å²) in [6, 6.07) is 15.5. The molecule has 0 radical (unpaired) electrons. The Balaban J connectivity index is 1.52. The van der Waals surface area contributed by atoms with E-state index >= 15 is 0 Å². The van der Waals surface area contributed by atoms with Crippen LogP contribution in [0.15, 0.2) is 66.2 Å². The number of nitrogens with zero attached hydrogens (tertiary/aromatic N) is 2. The van der Waals surface area contributed by atoms with Gasteiger partial charge in [0.2, 0.25) is 11.8 Å². The second kappa shape index (κ2) is 7.40. The second-order valence-corrected chi connectivity index (χ2v) is 9.93. The number of carbonyl (C=O) groups excluding carboxylic acids is 3. The first-order valence-corrected chi connectivity index (χ1v) is 12.0. The van der Waals surface area contributed by atoms with Gasteiger partial charge >= 0.3 is 0 Å². The van der Waals surface area contributed by atoms with Crippen LogP contribution in [0.3, 0.4) is 0 Å². The monoisotopic (exact) mass is 474 g/mol. The van der Waals surface area contributed by atoms with Crippen molar-refractivity contribution in [1.82, 2.24) is 4.90 Å². The Morgan fingerprint density at radius 1 is 0.970 bits per heavy atom. The maximum absolute atomic E-state index is 13.9. The molecule has 4 heterocycles. The zero-order chi connectivity index (χ0) is 22.9. The Bertz CT molecular complexity index is 1350. The number of imide groups is 1. The lowest BCUT2D eigenvalue weighted by atomic mass is 9.84. The molecule has 33 heavy (non-hydrogen) atoms. The molecule has 2 aromatic carbocycles. The third-order valence-corrected chi connectivity index (χ3v) is 8.27. The molecule has 3 aromatic rings. The molecule has 3 aliphatic rings. The van der Waals surface area contributed by atoms with Crippen LogP contribution in [0.4, 0.5) is 5.69 Å². The number of thiophene rings is 1. The van der Waals surface area contributed by atoms with Gasteiger partial charge in [0.1, 0.15) is 6.04 Å². The molecular formula is C26H19ClN2O3S. The van der Waals surface area contributed by atoms with Gasteiger partial charge in [-0.05, 0) is 53.3 Å². The molecule has 0 unspecified atom stereocenters. The maximum Gasteiger partial charge on any atom is 0.240 e. The molecule has 0 bridgehead atoms. The van der Waals surface area contributed by atoms with Crippen LogP contribution in [-0.2, 0) is 9.59 Å². The zero-order valence-electron chi connectivity index (χ0n) is 17.6. The van der Waals surface area contributed by atoms with E-state index in [1.54, 1.807) is 31.2 Å². The Morgan fingerprint density at radius 2 is 1.76 bits per heavy atom. The van der Waals surface area contributed by atoms with Gasteiger partial charge in [0.25, 0.3) is 0 Å². The molecule has 2 saturated heterocycles. The number of fused-ring (bicyclic) bond motifs is 5. The molecule has 164 valence electrons. The molecule has 6 rings (SSSR count).